The molecule has 0 fully saturated rings. The smallest absolute Gasteiger partial charge is 0.323 e. The summed E-state index contributed by atoms with van der Waals surface area (Å²) in [4.78, 5) is 29.5. The van der Waals surface area contributed by atoms with Crippen molar-refractivity contribution in [3.8, 4) is 17.2 Å². The summed E-state index contributed by atoms with van der Waals surface area (Å²) in [7, 11) is 3.06. The summed E-state index contributed by atoms with van der Waals surface area (Å²) in [6.07, 6.45) is 1.74. The number of hydrogen-bond acceptors (Lipinski definition) is 6. The molecule has 0 atom stereocenters. The molecule has 0 aliphatic heterocycles. The van der Waals surface area contributed by atoms with Crippen molar-refractivity contribution in [2.24, 2.45) is 0 Å². The number of para-hydroxylation sites is 2. The molecular formula is C25H24N4O5. The number of methoxy groups -OCH3 is 2. The van der Waals surface area contributed by atoms with Gasteiger partial charge in [0.2, 0.25) is 0 Å². The van der Waals surface area contributed by atoms with E-state index in [2.05, 4.69) is 15.6 Å². The van der Waals surface area contributed by atoms with Gasteiger partial charge in [0.25, 0.3) is 5.56 Å². The van der Waals surface area contributed by atoms with Crippen LogP contribution >= 0.6 is 0 Å². The van der Waals surface area contributed by atoms with Crippen LogP contribution in [0.5, 0.6) is 17.2 Å². The summed E-state index contributed by atoms with van der Waals surface area (Å²) in [5.74, 6) is 1.51. The Bertz CT molecular complexity index is 1400. The number of ether oxygens (including phenoxy) is 3. The van der Waals surface area contributed by atoms with Crippen LogP contribution in [0.2, 0.25) is 0 Å². The molecule has 0 spiro atoms. The van der Waals surface area contributed by atoms with Gasteiger partial charge in [-0.25, -0.2) is 9.78 Å². The summed E-state index contributed by atoms with van der Waals surface area (Å²) >= 11 is 0. The van der Waals surface area contributed by atoms with Gasteiger partial charge in [0.15, 0.2) is 0 Å². The molecule has 4 aromatic rings. The van der Waals surface area contributed by atoms with E-state index in [1.807, 2.05) is 13.0 Å². The average Bonchev–Trinajstić information content (AvgIpc) is 2.84. The van der Waals surface area contributed by atoms with Crippen LogP contribution in [-0.4, -0.2) is 29.6 Å². The predicted octanol–water partition coefficient (Wildman–Crippen LogP) is 4.24. The van der Waals surface area contributed by atoms with Crippen LogP contribution in [0, 0.1) is 6.92 Å². The molecule has 0 unspecified atom stereocenters. The topological polar surface area (TPSA) is 103 Å². The average molecular weight is 460 g/mol. The Morgan fingerprint density at radius 2 is 1.71 bits per heavy atom. The Morgan fingerprint density at radius 3 is 2.47 bits per heavy atom. The summed E-state index contributed by atoms with van der Waals surface area (Å²) in [6.45, 7) is 1.97. The Labute approximate surface area is 195 Å². The maximum Gasteiger partial charge on any atom is 0.323 e. The molecule has 0 saturated carbocycles. The number of benzene rings is 2. The van der Waals surface area contributed by atoms with Crippen LogP contribution < -0.4 is 30.4 Å². The first-order chi connectivity index (χ1) is 16.5. The van der Waals surface area contributed by atoms with Gasteiger partial charge in [-0.1, -0.05) is 18.2 Å². The minimum absolute atomic E-state index is 0.0617. The highest BCUT2D eigenvalue weighted by Crippen LogP contribution is 2.30. The summed E-state index contributed by atoms with van der Waals surface area (Å²) in [5.41, 5.74) is 2.74. The molecule has 2 heterocycles. The van der Waals surface area contributed by atoms with Crippen LogP contribution in [0.15, 0.2) is 71.7 Å². The van der Waals surface area contributed by atoms with E-state index < -0.39 is 6.03 Å². The van der Waals surface area contributed by atoms with Gasteiger partial charge in [0.1, 0.15) is 29.5 Å². The second-order valence-electron chi connectivity index (χ2n) is 7.45. The SMILES string of the molecule is COc1ccc(NC(=O)Nc2ccccc2OCc2cc(=O)n3cc(C)ccc3n2)c(OC)c1. The molecule has 34 heavy (non-hydrogen) atoms. The van der Waals surface area contributed by atoms with Gasteiger partial charge in [-0.15, -0.1) is 0 Å². The largest absolute Gasteiger partial charge is 0.497 e. The first-order valence-electron chi connectivity index (χ1n) is 10.5. The van der Waals surface area contributed by atoms with Crippen LogP contribution in [0.25, 0.3) is 5.65 Å². The van der Waals surface area contributed by atoms with Crippen molar-refractivity contribution in [3.05, 3.63) is 88.5 Å². The van der Waals surface area contributed by atoms with Gasteiger partial charge in [-0.3, -0.25) is 9.20 Å². The lowest BCUT2D eigenvalue weighted by atomic mass is 10.2. The molecule has 2 N–H and O–H groups in total. The number of carbonyl (C=O) groups excluding carboxylic acids is 1. The van der Waals surface area contributed by atoms with Gasteiger partial charge in [-0.2, -0.15) is 0 Å². The minimum atomic E-state index is -0.475. The van der Waals surface area contributed by atoms with Crippen LogP contribution in [0.4, 0.5) is 16.2 Å². The van der Waals surface area contributed by atoms with Crippen LogP contribution in [-0.2, 0) is 6.61 Å². The monoisotopic (exact) mass is 460 g/mol. The van der Waals surface area contributed by atoms with Gasteiger partial charge >= 0.3 is 6.03 Å². The summed E-state index contributed by atoms with van der Waals surface area (Å²) in [6, 6.07) is 16.7. The van der Waals surface area contributed by atoms with Gasteiger partial charge in [0.05, 0.1) is 31.3 Å². The summed E-state index contributed by atoms with van der Waals surface area (Å²) in [5, 5.41) is 5.53. The van der Waals surface area contributed by atoms with Gasteiger partial charge in [0, 0.05) is 18.3 Å². The van der Waals surface area contributed by atoms with Crippen LogP contribution in [0.1, 0.15) is 11.3 Å². The van der Waals surface area contributed by atoms with Crippen molar-refractivity contribution in [2.45, 2.75) is 13.5 Å². The van der Waals surface area contributed by atoms with Crippen molar-refractivity contribution >= 4 is 23.1 Å². The molecule has 0 aliphatic carbocycles. The molecule has 2 aromatic carbocycles. The standard InChI is InChI=1S/C25H24N4O5/c1-16-8-11-23-26-17(12-24(30)29(23)14-16)15-34-21-7-5-4-6-19(21)27-25(31)28-20-10-9-18(32-2)13-22(20)33-3/h4-14H,15H2,1-3H3,(H2,27,28,31). The molecule has 9 nitrogen and oxygen atoms in total. The Kier molecular flexibility index (Phi) is 6.63. The number of aromatic nitrogens is 2. The number of pyridine rings is 1. The third-order valence-electron chi connectivity index (χ3n) is 5.03. The lowest BCUT2D eigenvalue weighted by molar-refractivity contribution is 0.261. The van der Waals surface area contributed by atoms with Crippen LogP contribution in [0.3, 0.4) is 0 Å². The first-order valence-corrected chi connectivity index (χ1v) is 10.5. The zero-order valence-electron chi connectivity index (χ0n) is 19.0. The first kappa shape index (κ1) is 22.7. The molecule has 174 valence electrons. The van der Waals surface area contributed by atoms with E-state index >= 15 is 0 Å². The second kappa shape index (κ2) is 9.95. The second-order valence-corrected chi connectivity index (χ2v) is 7.45. The lowest BCUT2D eigenvalue weighted by Gasteiger charge is -2.15. The van der Waals surface area contributed by atoms with E-state index in [0.717, 1.165) is 5.56 Å². The molecule has 0 aliphatic rings. The number of carbonyl (C=O) groups is 1. The number of hydrogen-bond donors (Lipinski definition) is 2. The third-order valence-corrected chi connectivity index (χ3v) is 5.03. The zero-order chi connectivity index (χ0) is 24.1. The predicted molar refractivity (Wildman–Crippen MR) is 129 cm³/mol. The van der Waals surface area contributed by atoms with Crippen molar-refractivity contribution in [3.63, 3.8) is 0 Å². The van der Waals surface area contributed by atoms with Crippen molar-refractivity contribution < 1.29 is 19.0 Å². The molecule has 0 radical (unpaired) electrons. The molecule has 2 amide bonds. The number of aryl methyl sites for hydroxylation is 1. The summed E-state index contributed by atoms with van der Waals surface area (Å²) < 4.78 is 17.9. The third kappa shape index (κ3) is 5.09. The Hall–Kier alpha value is -4.53. The van der Waals surface area contributed by atoms with E-state index in [9.17, 15) is 9.59 Å². The van der Waals surface area contributed by atoms with Gasteiger partial charge < -0.3 is 24.8 Å². The van der Waals surface area contributed by atoms with E-state index in [4.69, 9.17) is 14.2 Å². The quantitative estimate of drug-likeness (QED) is 0.428. The maximum absolute atomic E-state index is 12.6. The number of nitrogens with zero attached hydrogens (tertiary/aromatic N) is 2. The fraction of sp³-hybridized carbons (Fsp3) is 0.160. The highest BCUT2D eigenvalue weighted by molar-refractivity contribution is 6.01. The van der Waals surface area contributed by atoms with E-state index in [0.29, 0.717) is 40.0 Å². The highest BCUT2D eigenvalue weighted by atomic mass is 16.5. The Morgan fingerprint density at radius 1 is 0.941 bits per heavy atom. The zero-order valence-corrected chi connectivity index (χ0v) is 19.0. The van der Waals surface area contributed by atoms with E-state index in [1.165, 1.54) is 17.6 Å². The number of amides is 2. The highest BCUT2D eigenvalue weighted by Gasteiger charge is 2.12. The maximum atomic E-state index is 12.6. The number of urea groups is 1. The molecule has 0 bridgehead atoms. The molecule has 4 rings (SSSR count). The van der Waals surface area contributed by atoms with Crippen molar-refractivity contribution in [2.75, 3.05) is 24.9 Å². The molecular weight excluding hydrogens is 436 g/mol. The molecule has 0 saturated heterocycles. The minimum Gasteiger partial charge on any atom is -0.497 e. The lowest BCUT2D eigenvalue weighted by Crippen LogP contribution is -2.20. The fourth-order valence-electron chi connectivity index (χ4n) is 3.36. The molecule has 2 aromatic heterocycles. The van der Waals surface area contributed by atoms with Gasteiger partial charge in [-0.05, 0) is 42.8 Å². The number of nitrogens with one attached hydrogen (secondary N) is 2. The number of fused-ring (bicyclic) bond motifs is 1. The molecule has 9 heteroatoms. The number of anilines is 2. The van der Waals surface area contributed by atoms with Crippen molar-refractivity contribution in [1.82, 2.24) is 9.38 Å². The Balaban J connectivity index is 1.47. The van der Waals surface area contributed by atoms with Crippen molar-refractivity contribution in [1.29, 1.82) is 0 Å². The normalized spacial score (nSPS) is 10.6. The van der Waals surface area contributed by atoms with E-state index in [1.54, 1.807) is 61.8 Å². The fourth-order valence-corrected chi connectivity index (χ4v) is 3.36. The number of rotatable bonds is 7. The van der Waals surface area contributed by atoms with E-state index in [-0.39, 0.29) is 12.2 Å².